The lowest BCUT2D eigenvalue weighted by Gasteiger charge is -2.14. The Morgan fingerprint density at radius 3 is 3.04 bits per heavy atom. The Bertz CT molecular complexity index is 817. The molecule has 2 aromatic rings. The van der Waals surface area contributed by atoms with Crippen molar-refractivity contribution >= 4 is 11.8 Å². The molecule has 124 valence electrons. The van der Waals surface area contributed by atoms with Crippen molar-refractivity contribution in [2.24, 2.45) is 5.11 Å². The normalized spacial score (nSPS) is 16.8. The molecule has 2 heterocycles. The van der Waals surface area contributed by atoms with Crippen LogP contribution in [0.15, 0.2) is 35.8 Å². The molecule has 0 spiro atoms. The molecule has 1 aromatic carbocycles. The van der Waals surface area contributed by atoms with Crippen molar-refractivity contribution in [1.82, 2.24) is 9.55 Å². The molecule has 1 aliphatic rings. The number of rotatable bonds is 5. The average Bonchev–Trinajstić information content (AvgIpc) is 3.19. The molecule has 1 atom stereocenters. The van der Waals surface area contributed by atoms with Crippen LogP contribution in [-0.4, -0.2) is 39.9 Å². The number of aromatic nitrogens is 2. The number of hydrogen-bond acceptors (Lipinski definition) is 5. The smallest absolute Gasteiger partial charge is 0.414 e. The topological polar surface area (TPSA) is 116 Å². The maximum absolute atomic E-state index is 14.4. The Labute approximate surface area is 135 Å². The highest BCUT2D eigenvalue weighted by molar-refractivity contribution is 5.89. The van der Waals surface area contributed by atoms with Crippen molar-refractivity contribution in [3.8, 4) is 5.69 Å². The molecule has 0 aliphatic carbocycles. The molecule has 0 radical (unpaired) electrons. The summed E-state index contributed by atoms with van der Waals surface area (Å²) in [4.78, 5) is 19.7. The van der Waals surface area contributed by atoms with Crippen LogP contribution in [0.5, 0.6) is 0 Å². The number of imidazole rings is 1. The largest absolute Gasteiger partial charge is 0.444 e. The highest BCUT2D eigenvalue weighted by Crippen LogP contribution is 2.25. The number of amides is 1. The molecule has 1 amide bonds. The molecule has 0 unspecified atom stereocenters. The van der Waals surface area contributed by atoms with E-state index in [0.717, 1.165) is 0 Å². The van der Waals surface area contributed by atoms with Crippen LogP contribution >= 0.6 is 0 Å². The molecule has 0 bridgehead atoms. The lowest BCUT2D eigenvalue weighted by Crippen LogP contribution is -2.25. The molecular formula is C14H13FN6O3. The Morgan fingerprint density at radius 2 is 2.38 bits per heavy atom. The first-order chi connectivity index (χ1) is 11.6. The maximum Gasteiger partial charge on any atom is 0.414 e. The highest BCUT2D eigenvalue weighted by Gasteiger charge is 2.32. The number of hydrogen-bond donors (Lipinski definition) is 1. The van der Waals surface area contributed by atoms with Gasteiger partial charge in [-0.3, -0.25) is 4.90 Å². The summed E-state index contributed by atoms with van der Waals surface area (Å²) in [6.07, 6.45) is 1.73. The van der Waals surface area contributed by atoms with E-state index in [9.17, 15) is 9.18 Å². The fourth-order valence-corrected chi connectivity index (χ4v) is 2.41. The quantitative estimate of drug-likeness (QED) is 0.513. The number of ether oxygens (including phenoxy) is 1. The number of azide groups is 1. The predicted octanol–water partition coefficient (Wildman–Crippen LogP) is 2.14. The average molecular weight is 332 g/mol. The molecule has 1 N–H and O–H groups in total. The second kappa shape index (κ2) is 6.57. The van der Waals surface area contributed by atoms with Crippen molar-refractivity contribution in [2.45, 2.75) is 12.7 Å². The minimum absolute atomic E-state index is 0.0261. The number of anilines is 1. The van der Waals surface area contributed by atoms with Crippen LogP contribution in [0.2, 0.25) is 0 Å². The number of halogens is 1. The molecule has 10 heteroatoms. The summed E-state index contributed by atoms with van der Waals surface area (Å²) >= 11 is 0. The number of cyclic esters (lactones) is 1. The van der Waals surface area contributed by atoms with Gasteiger partial charge >= 0.3 is 6.09 Å². The number of carbonyl (C=O) groups is 1. The van der Waals surface area contributed by atoms with Crippen molar-refractivity contribution in [2.75, 3.05) is 18.0 Å². The van der Waals surface area contributed by atoms with E-state index in [-0.39, 0.29) is 25.4 Å². The Hall–Kier alpha value is -3.10. The lowest BCUT2D eigenvalue weighted by molar-refractivity contribution is 0.145. The van der Waals surface area contributed by atoms with E-state index in [1.54, 1.807) is 6.07 Å². The van der Waals surface area contributed by atoms with Gasteiger partial charge in [0.2, 0.25) is 0 Å². The Kier molecular flexibility index (Phi) is 4.32. The first-order valence-electron chi connectivity index (χ1n) is 7.05. The van der Waals surface area contributed by atoms with Crippen molar-refractivity contribution in [1.29, 1.82) is 0 Å². The Balaban J connectivity index is 1.82. The van der Waals surface area contributed by atoms with E-state index < -0.39 is 18.0 Å². The zero-order valence-electron chi connectivity index (χ0n) is 12.4. The van der Waals surface area contributed by atoms with E-state index in [4.69, 9.17) is 15.4 Å². The fraction of sp³-hybridized carbons (Fsp3) is 0.286. The maximum atomic E-state index is 14.4. The highest BCUT2D eigenvalue weighted by atomic mass is 19.1. The summed E-state index contributed by atoms with van der Waals surface area (Å²) in [5.74, 6) is -0.555. The second-order valence-corrected chi connectivity index (χ2v) is 5.10. The van der Waals surface area contributed by atoms with Gasteiger partial charge in [-0.25, -0.2) is 14.2 Å². The summed E-state index contributed by atoms with van der Waals surface area (Å²) < 4.78 is 20.9. The SMILES string of the molecule is [N-]=[N+]=NC[C@H]1CN(c2ccc(-n3cnc(CO)c3)c(F)c2)C(=O)O1. The summed E-state index contributed by atoms with van der Waals surface area (Å²) in [7, 11) is 0. The minimum Gasteiger partial charge on any atom is -0.444 e. The lowest BCUT2D eigenvalue weighted by atomic mass is 10.2. The molecule has 9 nitrogen and oxygen atoms in total. The zero-order chi connectivity index (χ0) is 17.1. The number of aliphatic hydroxyl groups is 1. The van der Waals surface area contributed by atoms with Gasteiger partial charge in [0, 0.05) is 11.1 Å². The van der Waals surface area contributed by atoms with Gasteiger partial charge in [-0.1, -0.05) is 5.11 Å². The van der Waals surface area contributed by atoms with Gasteiger partial charge in [0.05, 0.1) is 43.1 Å². The fourth-order valence-electron chi connectivity index (χ4n) is 2.41. The first-order valence-corrected chi connectivity index (χ1v) is 7.05. The van der Waals surface area contributed by atoms with E-state index in [2.05, 4.69) is 15.0 Å². The molecule has 1 saturated heterocycles. The molecular weight excluding hydrogens is 319 g/mol. The number of nitrogens with zero attached hydrogens (tertiary/aromatic N) is 6. The van der Waals surface area contributed by atoms with Crippen molar-refractivity contribution in [3.05, 3.63) is 52.7 Å². The standard InChI is InChI=1S/C14H13FN6O3/c15-12-3-10(21-6-11(4-18-19-16)24-14(21)23)1-2-13(12)20-5-9(7-22)17-8-20/h1-3,5,8,11,22H,4,6-7H2/t11-/m0/s1. The Morgan fingerprint density at radius 1 is 1.54 bits per heavy atom. The zero-order valence-corrected chi connectivity index (χ0v) is 12.4. The molecule has 1 fully saturated rings. The third-order valence-corrected chi connectivity index (χ3v) is 3.54. The first kappa shape index (κ1) is 15.8. The molecule has 0 saturated carbocycles. The van der Waals surface area contributed by atoms with Crippen LogP contribution in [0.3, 0.4) is 0 Å². The van der Waals surface area contributed by atoms with Gasteiger partial charge in [0.15, 0.2) is 0 Å². The third kappa shape index (κ3) is 3.00. The van der Waals surface area contributed by atoms with Crippen LogP contribution in [0.25, 0.3) is 16.1 Å². The number of benzene rings is 1. The minimum atomic E-state index is -0.620. The van der Waals surface area contributed by atoms with Crippen LogP contribution in [-0.2, 0) is 11.3 Å². The predicted molar refractivity (Wildman–Crippen MR) is 81.1 cm³/mol. The van der Waals surface area contributed by atoms with Crippen molar-refractivity contribution < 1.29 is 19.0 Å². The van der Waals surface area contributed by atoms with Crippen molar-refractivity contribution in [3.63, 3.8) is 0 Å². The molecule has 3 rings (SSSR count). The molecule has 24 heavy (non-hydrogen) atoms. The van der Waals surface area contributed by atoms with Gasteiger partial charge in [0.1, 0.15) is 11.9 Å². The number of carbonyl (C=O) groups excluding carboxylic acids is 1. The van der Waals surface area contributed by atoms with Crippen LogP contribution < -0.4 is 4.90 Å². The monoisotopic (exact) mass is 332 g/mol. The second-order valence-electron chi connectivity index (χ2n) is 5.10. The van der Waals surface area contributed by atoms with Gasteiger partial charge in [0.25, 0.3) is 0 Å². The molecule has 1 aliphatic heterocycles. The molecule has 1 aromatic heterocycles. The number of aliphatic hydroxyl groups excluding tert-OH is 1. The van der Waals surface area contributed by atoms with E-state index in [1.807, 2.05) is 0 Å². The van der Waals surface area contributed by atoms with Gasteiger partial charge in [-0.2, -0.15) is 0 Å². The van der Waals surface area contributed by atoms with E-state index in [1.165, 1.54) is 34.1 Å². The van der Waals surface area contributed by atoms with Gasteiger partial charge in [-0.15, -0.1) is 0 Å². The summed E-state index contributed by atoms with van der Waals surface area (Å²) in [6.45, 7) is -0.0342. The van der Waals surface area contributed by atoms with Crippen LogP contribution in [0.1, 0.15) is 5.69 Å². The van der Waals surface area contributed by atoms with Crippen LogP contribution in [0, 0.1) is 5.82 Å². The van der Waals surface area contributed by atoms with Gasteiger partial charge in [-0.05, 0) is 23.7 Å². The van der Waals surface area contributed by atoms with E-state index in [0.29, 0.717) is 11.4 Å². The van der Waals surface area contributed by atoms with Crippen LogP contribution in [0.4, 0.5) is 14.9 Å². The summed E-state index contributed by atoms with van der Waals surface area (Å²) in [5.41, 5.74) is 9.30. The summed E-state index contributed by atoms with van der Waals surface area (Å²) in [5, 5.41) is 12.4. The summed E-state index contributed by atoms with van der Waals surface area (Å²) in [6, 6.07) is 4.29. The van der Waals surface area contributed by atoms with E-state index >= 15 is 0 Å². The third-order valence-electron chi connectivity index (χ3n) is 3.54. The van der Waals surface area contributed by atoms with Gasteiger partial charge < -0.3 is 14.4 Å².